The lowest BCUT2D eigenvalue weighted by atomic mass is 10.1. The van der Waals surface area contributed by atoms with E-state index in [4.69, 9.17) is 15.9 Å². The van der Waals surface area contributed by atoms with Gasteiger partial charge in [-0.25, -0.2) is 0 Å². The second-order valence-corrected chi connectivity index (χ2v) is 5.63. The van der Waals surface area contributed by atoms with Gasteiger partial charge in [0.2, 0.25) is 0 Å². The van der Waals surface area contributed by atoms with Crippen molar-refractivity contribution in [2.75, 3.05) is 40.0 Å². The van der Waals surface area contributed by atoms with E-state index < -0.39 is 0 Å². The maximum absolute atomic E-state index is 5.54. The SMILES string of the molecule is C#CCOc1ccc(CCNC(=NC)NCCCOCCCC)cc1.I. The zero-order valence-corrected chi connectivity index (χ0v) is 18.3. The smallest absolute Gasteiger partial charge is 0.190 e. The lowest BCUT2D eigenvalue weighted by molar-refractivity contribution is 0.129. The second kappa shape index (κ2) is 17.0. The summed E-state index contributed by atoms with van der Waals surface area (Å²) in [5.74, 6) is 4.08. The van der Waals surface area contributed by atoms with Gasteiger partial charge in [0.1, 0.15) is 12.4 Å². The number of ether oxygens (including phenoxy) is 2. The summed E-state index contributed by atoms with van der Waals surface area (Å²) >= 11 is 0. The predicted octanol–water partition coefficient (Wildman–Crippen LogP) is 3.23. The molecule has 2 N–H and O–H groups in total. The van der Waals surface area contributed by atoms with Crippen LogP contribution in [0.1, 0.15) is 31.7 Å². The standard InChI is InChI=1S/C20H31N3O2.HI/c1-4-6-16-24-17-7-13-22-20(21-3)23-14-12-18-8-10-19(11-9-18)25-15-5-2;/h2,8-11H,4,6-7,12-17H2,1,3H3,(H2,21,22,23);1H. The summed E-state index contributed by atoms with van der Waals surface area (Å²) < 4.78 is 10.9. The molecule has 0 unspecified atom stereocenters. The largest absolute Gasteiger partial charge is 0.481 e. The first-order valence-corrected chi connectivity index (χ1v) is 8.97. The van der Waals surface area contributed by atoms with E-state index in [0.29, 0.717) is 6.61 Å². The van der Waals surface area contributed by atoms with E-state index in [9.17, 15) is 0 Å². The molecule has 0 saturated heterocycles. The fourth-order valence-electron chi connectivity index (χ4n) is 2.15. The van der Waals surface area contributed by atoms with Gasteiger partial charge in [0.15, 0.2) is 5.96 Å². The molecule has 1 aromatic carbocycles. The van der Waals surface area contributed by atoms with E-state index in [0.717, 1.165) is 57.3 Å². The van der Waals surface area contributed by atoms with Gasteiger partial charge in [-0.2, -0.15) is 0 Å². The van der Waals surface area contributed by atoms with Crippen LogP contribution in [0.3, 0.4) is 0 Å². The Kier molecular flexibility index (Phi) is 16.0. The monoisotopic (exact) mass is 473 g/mol. The third kappa shape index (κ3) is 12.0. The highest BCUT2D eigenvalue weighted by atomic mass is 127. The molecule has 1 aromatic rings. The number of hydrogen-bond acceptors (Lipinski definition) is 3. The Bertz CT molecular complexity index is 527. The lowest BCUT2D eigenvalue weighted by Crippen LogP contribution is -2.39. The number of aliphatic imine (C=N–C) groups is 1. The Morgan fingerprint density at radius 1 is 1.12 bits per heavy atom. The van der Waals surface area contributed by atoms with Crippen LogP contribution in [0.15, 0.2) is 29.3 Å². The third-order valence-electron chi connectivity index (χ3n) is 3.58. The van der Waals surface area contributed by atoms with Gasteiger partial charge in [-0.15, -0.1) is 30.4 Å². The molecule has 0 bridgehead atoms. The molecule has 0 fully saturated rings. The number of guanidine groups is 1. The maximum atomic E-state index is 5.54. The van der Waals surface area contributed by atoms with Crippen LogP contribution in [-0.4, -0.2) is 45.9 Å². The van der Waals surface area contributed by atoms with Gasteiger partial charge in [0.05, 0.1) is 0 Å². The number of benzene rings is 1. The zero-order chi connectivity index (χ0) is 18.2. The van der Waals surface area contributed by atoms with Gasteiger partial charge < -0.3 is 20.1 Å². The number of nitrogens with zero attached hydrogens (tertiary/aromatic N) is 1. The van der Waals surface area contributed by atoms with Gasteiger partial charge in [0.25, 0.3) is 0 Å². The molecular weight excluding hydrogens is 441 g/mol. The van der Waals surface area contributed by atoms with Crippen LogP contribution in [0.4, 0.5) is 0 Å². The van der Waals surface area contributed by atoms with Crippen molar-refractivity contribution < 1.29 is 9.47 Å². The molecule has 0 spiro atoms. The molecule has 146 valence electrons. The van der Waals surface area contributed by atoms with Crippen LogP contribution in [0.25, 0.3) is 0 Å². The van der Waals surface area contributed by atoms with Crippen molar-refractivity contribution in [3.63, 3.8) is 0 Å². The molecule has 0 heterocycles. The molecule has 0 saturated carbocycles. The fourth-order valence-corrected chi connectivity index (χ4v) is 2.15. The summed E-state index contributed by atoms with van der Waals surface area (Å²) in [6, 6.07) is 7.99. The topological polar surface area (TPSA) is 54.9 Å². The van der Waals surface area contributed by atoms with Crippen molar-refractivity contribution in [2.24, 2.45) is 4.99 Å². The Morgan fingerprint density at radius 2 is 1.81 bits per heavy atom. The van der Waals surface area contributed by atoms with E-state index in [1.165, 1.54) is 12.0 Å². The van der Waals surface area contributed by atoms with Crippen LogP contribution < -0.4 is 15.4 Å². The minimum absolute atomic E-state index is 0. The Morgan fingerprint density at radius 3 is 2.46 bits per heavy atom. The number of halogens is 1. The summed E-state index contributed by atoms with van der Waals surface area (Å²) in [5.41, 5.74) is 1.24. The average molecular weight is 473 g/mol. The summed E-state index contributed by atoms with van der Waals surface area (Å²) in [6.07, 6.45) is 9.37. The maximum Gasteiger partial charge on any atom is 0.190 e. The quantitative estimate of drug-likeness (QED) is 0.161. The third-order valence-corrected chi connectivity index (χ3v) is 3.58. The van der Waals surface area contributed by atoms with Crippen molar-refractivity contribution in [1.29, 1.82) is 0 Å². The minimum Gasteiger partial charge on any atom is -0.481 e. The predicted molar refractivity (Wildman–Crippen MR) is 120 cm³/mol. The average Bonchev–Trinajstić information content (AvgIpc) is 2.65. The fraction of sp³-hybridized carbons (Fsp3) is 0.550. The summed E-state index contributed by atoms with van der Waals surface area (Å²) in [7, 11) is 1.78. The Balaban J connectivity index is 0.00000625. The Hall–Kier alpha value is -1.46. The van der Waals surface area contributed by atoms with Crippen molar-refractivity contribution in [3.05, 3.63) is 29.8 Å². The van der Waals surface area contributed by atoms with E-state index in [-0.39, 0.29) is 24.0 Å². The molecule has 0 radical (unpaired) electrons. The summed E-state index contributed by atoms with van der Waals surface area (Å²) in [6.45, 7) is 5.78. The van der Waals surface area contributed by atoms with E-state index >= 15 is 0 Å². The molecule has 1 rings (SSSR count). The molecule has 0 aromatic heterocycles. The first kappa shape index (κ1) is 24.5. The Labute approximate surface area is 175 Å². The highest BCUT2D eigenvalue weighted by Gasteiger charge is 1.99. The van der Waals surface area contributed by atoms with Crippen LogP contribution in [0, 0.1) is 12.3 Å². The number of terminal acetylenes is 1. The minimum atomic E-state index is 0. The molecule has 5 nitrogen and oxygen atoms in total. The molecular formula is C20H32IN3O2. The van der Waals surface area contributed by atoms with Gasteiger partial charge in [0, 0.05) is 33.4 Å². The van der Waals surface area contributed by atoms with Crippen LogP contribution in [-0.2, 0) is 11.2 Å². The van der Waals surface area contributed by atoms with Gasteiger partial charge in [-0.1, -0.05) is 31.4 Å². The van der Waals surface area contributed by atoms with E-state index in [2.05, 4.69) is 40.6 Å². The van der Waals surface area contributed by atoms with Crippen molar-refractivity contribution in [3.8, 4) is 18.1 Å². The number of nitrogens with one attached hydrogen (secondary N) is 2. The number of rotatable bonds is 12. The summed E-state index contributed by atoms with van der Waals surface area (Å²) in [4.78, 5) is 4.23. The van der Waals surface area contributed by atoms with Crippen molar-refractivity contribution in [2.45, 2.75) is 32.6 Å². The normalized spacial score (nSPS) is 10.6. The van der Waals surface area contributed by atoms with Gasteiger partial charge in [-0.05, 0) is 37.0 Å². The van der Waals surface area contributed by atoms with Gasteiger partial charge in [-0.3, -0.25) is 4.99 Å². The van der Waals surface area contributed by atoms with Crippen LogP contribution in [0.2, 0.25) is 0 Å². The highest BCUT2D eigenvalue weighted by Crippen LogP contribution is 2.12. The summed E-state index contributed by atoms with van der Waals surface area (Å²) in [5, 5.41) is 6.62. The van der Waals surface area contributed by atoms with E-state index in [1.807, 2.05) is 12.1 Å². The second-order valence-electron chi connectivity index (χ2n) is 5.63. The lowest BCUT2D eigenvalue weighted by Gasteiger charge is -2.12. The van der Waals surface area contributed by atoms with Gasteiger partial charge >= 0.3 is 0 Å². The molecule has 0 aliphatic carbocycles. The first-order chi connectivity index (χ1) is 12.3. The molecule has 0 aliphatic heterocycles. The molecule has 26 heavy (non-hydrogen) atoms. The molecule has 0 amide bonds. The number of hydrogen-bond donors (Lipinski definition) is 2. The first-order valence-electron chi connectivity index (χ1n) is 8.97. The van der Waals surface area contributed by atoms with Crippen LogP contribution in [0.5, 0.6) is 5.75 Å². The van der Waals surface area contributed by atoms with Crippen molar-refractivity contribution in [1.82, 2.24) is 10.6 Å². The van der Waals surface area contributed by atoms with Crippen molar-refractivity contribution >= 4 is 29.9 Å². The van der Waals surface area contributed by atoms with Crippen LogP contribution >= 0.6 is 24.0 Å². The molecule has 0 aliphatic rings. The number of unbranched alkanes of at least 4 members (excludes halogenated alkanes) is 1. The van der Waals surface area contributed by atoms with E-state index in [1.54, 1.807) is 7.05 Å². The molecule has 6 heteroatoms. The highest BCUT2D eigenvalue weighted by molar-refractivity contribution is 14.0. The molecule has 0 atom stereocenters. The zero-order valence-electron chi connectivity index (χ0n) is 15.9.